The summed E-state index contributed by atoms with van der Waals surface area (Å²) in [6.07, 6.45) is 0.874. The third kappa shape index (κ3) is 4.79. The van der Waals surface area contributed by atoms with Gasteiger partial charge in [0.15, 0.2) is 6.10 Å². The summed E-state index contributed by atoms with van der Waals surface area (Å²) in [6, 6.07) is 15.7. The lowest BCUT2D eigenvalue weighted by Gasteiger charge is -2.15. The van der Waals surface area contributed by atoms with Gasteiger partial charge >= 0.3 is 0 Å². The number of nitrogen functional groups attached to an aromatic ring is 1. The van der Waals surface area contributed by atoms with Crippen molar-refractivity contribution >= 4 is 45.1 Å². The van der Waals surface area contributed by atoms with Crippen molar-refractivity contribution in [2.45, 2.75) is 11.0 Å². The van der Waals surface area contributed by atoms with Gasteiger partial charge in [-0.2, -0.15) is 0 Å². The highest BCUT2D eigenvalue weighted by molar-refractivity contribution is 7.84. The first-order valence-electron chi connectivity index (χ1n) is 8.70. The predicted octanol–water partition coefficient (Wildman–Crippen LogP) is 3.81. The number of hydrogen-bond donors (Lipinski definition) is 3. The number of rotatable bonds is 7. The molecule has 1 heterocycles. The Morgan fingerprint density at radius 2 is 2.00 bits per heavy atom. The van der Waals surface area contributed by atoms with Crippen LogP contribution in [0.5, 0.6) is 0 Å². The SMILES string of the molecule is COC(C(=O)Nc1ccc(N)c(C(=N)c2cccc(S(C)=O)c2)c1)c1cccs1. The number of benzene rings is 2. The third-order valence-corrected chi connectivity index (χ3v) is 6.15. The van der Waals surface area contributed by atoms with Crippen LogP contribution in [-0.2, 0) is 20.3 Å². The van der Waals surface area contributed by atoms with E-state index in [2.05, 4.69) is 5.32 Å². The van der Waals surface area contributed by atoms with Crippen molar-refractivity contribution in [2.24, 2.45) is 0 Å². The maximum atomic E-state index is 12.6. The summed E-state index contributed by atoms with van der Waals surface area (Å²) in [5.41, 5.74) is 8.27. The maximum Gasteiger partial charge on any atom is 0.258 e. The summed E-state index contributed by atoms with van der Waals surface area (Å²) in [6.45, 7) is 0. The largest absolute Gasteiger partial charge is 0.398 e. The van der Waals surface area contributed by atoms with Crippen LogP contribution in [0.4, 0.5) is 11.4 Å². The van der Waals surface area contributed by atoms with E-state index in [4.69, 9.17) is 15.9 Å². The molecule has 0 fully saturated rings. The van der Waals surface area contributed by atoms with E-state index in [0.717, 1.165) is 4.88 Å². The molecule has 8 heteroatoms. The van der Waals surface area contributed by atoms with Crippen LogP contribution >= 0.6 is 11.3 Å². The lowest BCUT2D eigenvalue weighted by molar-refractivity contribution is -0.125. The lowest BCUT2D eigenvalue weighted by Crippen LogP contribution is -2.22. The van der Waals surface area contributed by atoms with E-state index in [0.29, 0.717) is 27.4 Å². The van der Waals surface area contributed by atoms with Crippen LogP contribution < -0.4 is 11.1 Å². The zero-order valence-electron chi connectivity index (χ0n) is 16.0. The van der Waals surface area contributed by atoms with Crippen molar-refractivity contribution < 1.29 is 13.7 Å². The Hall–Kier alpha value is -2.81. The number of methoxy groups -OCH3 is 1. The molecule has 0 saturated carbocycles. The number of thiophene rings is 1. The van der Waals surface area contributed by atoms with Gasteiger partial charge in [0.05, 0.1) is 5.71 Å². The van der Waals surface area contributed by atoms with E-state index in [-0.39, 0.29) is 11.6 Å². The van der Waals surface area contributed by atoms with Gasteiger partial charge in [0, 0.05) is 56.4 Å². The van der Waals surface area contributed by atoms with Gasteiger partial charge in [0.25, 0.3) is 5.91 Å². The molecule has 0 aliphatic carbocycles. The number of amides is 1. The topological polar surface area (TPSA) is 105 Å². The highest BCUT2D eigenvalue weighted by Crippen LogP contribution is 2.26. The third-order valence-electron chi connectivity index (χ3n) is 4.32. The van der Waals surface area contributed by atoms with Gasteiger partial charge in [-0.05, 0) is 41.8 Å². The van der Waals surface area contributed by atoms with Gasteiger partial charge in [-0.15, -0.1) is 11.3 Å². The van der Waals surface area contributed by atoms with Gasteiger partial charge in [-0.25, -0.2) is 0 Å². The van der Waals surface area contributed by atoms with Crippen LogP contribution in [0.3, 0.4) is 0 Å². The van der Waals surface area contributed by atoms with Crippen LogP contribution in [-0.4, -0.2) is 29.2 Å². The first-order valence-corrected chi connectivity index (χ1v) is 11.1. The molecule has 1 aromatic heterocycles. The van der Waals surface area contributed by atoms with Crippen LogP contribution in [0.15, 0.2) is 64.9 Å². The van der Waals surface area contributed by atoms with Crippen LogP contribution in [0.2, 0.25) is 0 Å². The van der Waals surface area contributed by atoms with E-state index in [1.165, 1.54) is 18.4 Å². The normalized spacial score (nSPS) is 12.9. The van der Waals surface area contributed by atoms with Gasteiger partial charge in [-0.1, -0.05) is 18.2 Å². The summed E-state index contributed by atoms with van der Waals surface area (Å²) >= 11 is 1.44. The maximum absolute atomic E-state index is 12.6. The second-order valence-electron chi connectivity index (χ2n) is 6.28. The Morgan fingerprint density at radius 3 is 2.66 bits per heavy atom. The smallest absolute Gasteiger partial charge is 0.258 e. The molecule has 150 valence electrons. The fraction of sp³-hybridized carbons (Fsp3) is 0.143. The zero-order valence-corrected chi connectivity index (χ0v) is 17.6. The Bertz CT molecular complexity index is 1060. The van der Waals surface area contributed by atoms with E-state index in [9.17, 15) is 9.00 Å². The molecule has 0 saturated heterocycles. The Labute approximate surface area is 175 Å². The van der Waals surface area contributed by atoms with Gasteiger partial charge in [0.2, 0.25) is 0 Å². The molecule has 1 amide bonds. The van der Waals surface area contributed by atoms with E-state index in [1.54, 1.807) is 48.7 Å². The Balaban J connectivity index is 1.86. The van der Waals surface area contributed by atoms with Crippen LogP contribution in [0.25, 0.3) is 0 Å². The number of carbonyl (C=O) groups excluding carboxylic acids is 1. The van der Waals surface area contributed by atoms with Crippen molar-refractivity contribution in [1.29, 1.82) is 5.41 Å². The fourth-order valence-corrected chi connectivity index (χ4v) is 4.20. The summed E-state index contributed by atoms with van der Waals surface area (Å²) in [5, 5.41) is 13.3. The molecule has 0 aliphatic heterocycles. The average Bonchev–Trinajstić information content (AvgIpc) is 3.24. The minimum atomic E-state index is -1.15. The number of anilines is 2. The van der Waals surface area contributed by atoms with Gasteiger partial charge < -0.3 is 15.8 Å². The summed E-state index contributed by atoms with van der Waals surface area (Å²) < 4.78 is 17.1. The van der Waals surface area contributed by atoms with E-state index in [1.807, 2.05) is 17.5 Å². The molecule has 3 aromatic rings. The van der Waals surface area contributed by atoms with E-state index >= 15 is 0 Å². The monoisotopic (exact) mass is 427 g/mol. The molecule has 2 aromatic carbocycles. The molecular weight excluding hydrogens is 406 g/mol. The molecule has 0 bridgehead atoms. The first kappa shape index (κ1) is 20.9. The lowest BCUT2D eigenvalue weighted by atomic mass is 10.0. The van der Waals surface area contributed by atoms with Crippen molar-refractivity contribution in [2.75, 3.05) is 24.4 Å². The summed E-state index contributed by atoms with van der Waals surface area (Å²) in [7, 11) is 0.336. The average molecular weight is 428 g/mol. The number of nitrogens with one attached hydrogen (secondary N) is 2. The number of nitrogens with two attached hydrogens (primary N) is 1. The number of ether oxygens (including phenoxy) is 1. The minimum Gasteiger partial charge on any atom is -0.398 e. The molecule has 4 N–H and O–H groups in total. The minimum absolute atomic E-state index is 0.187. The van der Waals surface area contributed by atoms with Gasteiger partial charge in [0.1, 0.15) is 0 Å². The van der Waals surface area contributed by atoms with Crippen molar-refractivity contribution in [3.8, 4) is 0 Å². The second kappa shape index (κ2) is 9.13. The highest BCUT2D eigenvalue weighted by Gasteiger charge is 2.21. The van der Waals surface area contributed by atoms with Gasteiger partial charge in [-0.3, -0.25) is 14.4 Å². The summed E-state index contributed by atoms with van der Waals surface area (Å²) in [5.74, 6) is -0.305. The standard InChI is InChI=1S/C21H21N3O3S2/c1-27-20(18-7-4-10-28-18)21(25)24-14-8-9-17(22)16(12-14)19(23)13-5-3-6-15(11-13)29(2)26/h3-12,20,23H,22H2,1-2H3,(H,24,25). The quantitative estimate of drug-likeness (QED) is 0.394. The molecule has 0 aliphatic rings. The molecular formula is C21H21N3O3S2. The number of hydrogen-bond acceptors (Lipinski definition) is 6. The van der Waals surface area contributed by atoms with Crippen molar-refractivity contribution in [3.63, 3.8) is 0 Å². The molecule has 3 rings (SSSR count). The first-order chi connectivity index (χ1) is 13.9. The molecule has 6 nitrogen and oxygen atoms in total. The molecule has 0 spiro atoms. The van der Waals surface area contributed by atoms with Crippen LogP contribution in [0, 0.1) is 5.41 Å². The Kier molecular flexibility index (Phi) is 6.58. The van der Waals surface area contributed by atoms with Crippen molar-refractivity contribution in [1.82, 2.24) is 0 Å². The molecule has 2 unspecified atom stereocenters. The van der Waals surface area contributed by atoms with E-state index < -0.39 is 16.9 Å². The fourth-order valence-electron chi connectivity index (χ4n) is 2.84. The van der Waals surface area contributed by atoms with Crippen LogP contribution in [0.1, 0.15) is 22.1 Å². The molecule has 2 atom stereocenters. The Morgan fingerprint density at radius 1 is 1.21 bits per heavy atom. The highest BCUT2D eigenvalue weighted by atomic mass is 32.2. The zero-order chi connectivity index (χ0) is 21.0. The molecule has 0 radical (unpaired) electrons. The van der Waals surface area contributed by atoms with Crippen molar-refractivity contribution in [3.05, 3.63) is 76.0 Å². The second-order valence-corrected chi connectivity index (χ2v) is 8.64. The molecule has 29 heavy (non-hydrogen) atoms. The predicted molar refractivity (Wildman–Crippen MR) is 118 cm³/mol. The summed E-state index contributed by atoms with van der Waals surface area (Å²) in [4.78, 5) is 14.1. The number of carbonyl (C=O) groups is 1.